The van der Waals surface area contributed by atoms with E-state index in [4.69, 9.17) is 0 Å². The van der Waals surface area contributed by atoms with Gasteiger partial charge >= 0.3 is 0 Å². The quantitative estimate of drug-likeness (QED) is 0.409. The summed E-state index contributed by atoms with van der Waals surface area (Å²) in [4.78, 5) is 25.6. The monoisotopic (exact) mass is 271 g/mol. The maximum atomic E-state index is 12.1. The summed E-state index contributed by atoms with van der Waals surface area (Å²) >= 11 is 0. The third-order valence-corrected chi connectivity index (χ3v) is 3.67. The molecule has 3 heteroatoms. The lowest BCUT2D eigenvalue weighted by Gasteiger charge is -2.13. The van der Waals surface area contributed by atoms with Gasteiger partial charge in [-0.25, -0.2) is 0 Å². The van der Waals surface area contributed by atoms with Gasteiger partial charge in [0, 0.05) is 6.54 Å². The Hall–Kier alpha value is -1.90. The van der Waals surface area contributed by atoms with Crippen molar-refractivity contribution in [1.82, 2.24) is 4.90 Å². The Morgan fingerprint density at radius 3 is 2.05 bits per heavy atom. The fraction of sp³-hybridized carbons (Fsp3) is 0.412. The van der Waals surface area contributed by atoms with Gasteiger partial charge < -0.3 is 0 Å². The van der Waals surface area contributed by atoms with E-state index in [0.717, 1.165) is 25.7 Å². The summed E-state index contributed by atoms with van der Waals surface area (Å²) in [6, 6.07) is 7.05. The Morgan fingerprint density at radius 2 is 1.45 bits per heavy atom. The number of rotatable bonds is 8. The predicted octanol–water partition coefficient (Wildman–Crippen LogP) is 3.81. The van der Waals surface area contributed by atoms with E-state index >= 15 is 0 Å². The van der Waals surface area contributed by atoms with Crippen LogP contribution in [0, 0.1) is 0 Å². The molecule has 3 nitrogen and oxygen atoms in total. The van der Waals surface area contributed by atoms with E-state index in [2.05, 4.69) is 6.58 Å². The van der Waals surface area contributed by atoms with Gasteiger partial charge in [-0.2, -0.15) is 0 Å². The van der Waals surface area contributed by atoms with E-state index in [-0.39, 0.29) is 11.8 Å². The summed E-state index contributed by atoms with van der Waals surface area (Å²) in [6.45, 7) is 4.24. The molecule has 0 aliphatic carbocycles. The van der Waals surface area contributed by atoms with Crippen LogP contribution in [0.5, 0.6) is 0 Å². The van der Waals surface area contributed by atoms with Gasteiger partial charge in [-0.3, -0.25) is 14.5 Å². The number of hydrogen-bond donors (Lipinski definition) is 0. The summed E-state index contributed by atoms with van der Waals surface area (Å²) in [5.74, 6) is -0.283. The molecule has 1 aliphatic rings. The summed E-state index contributed by atoms with van der Waals surface area (Å²) in [7, 11) is 0. The first kappa shape index (κ1) is 14.5. The van der Waals surface area contributed by atoms with Gasteiger partial charge in [0.15, 0.2) is 0 Å². The molecule has 0 saturated carbocycles. The highest BCUT2D eigenvalue weighted by Gasteiger charge is 2.34. The number of hydrogen-bond acceptors (Lipinski definition) is 2. The average Bonchev–Trinajstić information content (AvgIpc) is 2.71. The van der Waals surface area contributed by atoms with Crippen LogP contribution in [-0.2, 0) is 0 Å². The zero-order valence-corrected chi connectivity index (χ0v) is 11.8. The standard InChI is InChI=1S/C17H21NO2/c1-2-3-4-5-6-7-10-13-18-16(19)14-11-8-9-12-15(14)17(18)20/h2,8-9,11-12H,1,3-7,10,13H2. The minimum absolute atomic E-state index is 0.141. The fourth-order valence-electron chi connectivity index (χ4n) is 2.53. The molecule has 0 N–H and O–H groups in total. The zero-order valence-electron chi connectivity index (χ0n) is 11.8. The molecule has 0 bridgehead atoms. The van der Waals surface area contributed by atoms with Crippen LogP contribution >= 0.6 is 0 Å². The molecule has 1 aliphatic heterocycles. The van der Waals surface area contributed by atoms with Crippen LogP contribution < -0.4 is 0 Å². The lowest BCUT2D eigenvalue weighted by molar-refractivity contribution is 0.0651. The van der Waals surface area contributed by atoms with E-state index in [1.54, 1.807) is 24.3 Å². The third kappa shape index (κ3) is 3.16. The Bertz CT molecular complexity index is 472. The maximum Gasteiger partial charge on any atom is 0.261 e. The minimum atomic E-state index is -0.141. The van der Waals surface area contributed by atoms with Crippen LogP contribution in [0.3, 0.4) is 0 Å². The molecule has 1 heterocycles. The summed E-state index contributed by atoms with van der Waals surface area (Å²) < 4.78 is 0. The predicted molar refractivity (Wildman–Crippen MR) is 79.7 cm³/mol. The van der Waals surface area contributed by atoms with Crippen molar-refractivity contribution in [3.8, 4) is 0 Å². The molecule has 0 fully saturated rings. The molecule has 106 valence electrons. The third-order valence-electron chi connectivity index (χ3n) is 3.67. The molecule has 20 heavy (non-hydrogen) atoms. The Labute approximate surface area is 120 Å². The van der Waals surface area contributed by atoms with E-state index in [9.17, 15) is 9.59 Å². The molecule has 2 amide bonds. The zero-order chi connectivity index (χ0) is 14.4. The van der Waals surface area contributed by atoms with Crippen LogP contribution in [0.15, 0.2) is 36.9 Å². The number of imide groups is 1. The normalized spacial score (nSPS) is 13.7. The van der Waals surface area contributed by atoms with E-state index in [1.165, 1.54) is 17.7 Å². The van der Waals surface area contributed by atoms with Gasteiger partial charge in [0.25, 0.3) is 11.8 Å². The van der Waals surface area contributed by atoms with Gasteiger partial charge in [-0.05, 0) is 31.4 Å². The van der Waals surface area contributed by atoms with Gasteiger partial charge in [-0.15, -0.1) is 6.58 Å². The average molecular weight is 271 g/mol. The van der Waals surface area contributed by atoms with Crippen LogP contribution in [0.25, 0.3) is 0 Å². The van der Waals surface area contributed by atoms with Crippen molar-refractivity contribution >= 4 is 11.8 Å². The van der Waals surface area contributed by atoms with Crippen LogP contribution in [0.1, 0.15) is 59.2 Å². The van der Waals surface area contributed by atoms with E-state index < -0.39 is 0 Å². The number of carbonyl (C=O) groups excluding carboxylic acids is 2. The lowest BCUT2D eigenvalue weighted by atomic mass is 10.1. The van der Waals surface area contributed by atoms with Crippen molar-refractivity contribution in [3.63, 3.8) is 0 Å². The highest BCUT2D eigenvalue weighted by atomic mass is 16.2. The van der Waals surface area contributed by atoms with Crippen molar-refractivity contribution in [2.24, 2.45) is 0 Å². The van der Waals surface area contributed by atoms with Crippen molar-refractivity contribution in [1.29, 1.82) is 0 Å². The van der Waals surface area contributed by atoms with Crippen LogP contribution in [-0.4, -0.2) is 23.3 Å². The second-order valence-corrected chi connectivity index (χ2v) is 5.15. The molecular formula is C17H21NO2. The molecule has 1 aromatic carbocycles. The van der Waals surface area contributed by atoms with Crippen molar-refractivity contribution in [3.05, 3.63) is 48.0 Å². The van der Waals surface area contributed by atoms with Gasteiger partial charge in [0.05, 0.1) is 11.1 Å². The highest BCUT2D eigenvalue weighted by molar-refractivity contribution is 6.21. The van der Waals surface area contributed by atoms with E-state index in [0.29, 0.717) is 17.7 Å². The first-order chi connectivity index (χ1) is 9.75. The molecule has 1 aromatic rings. The second kappa shape index (κ2) is 7.04. The first-order valence-electron chi connectivity index (χ1n) is 7.32. The number of benzene rings is 1. The molecular weight excluding hydrogens is 250 g/mol. The number of amides is 2. The second-order valence-electron chi connectivity index (χ2n) is 5.15. The Morgan fingerprint density at radius 1 is 0.900 bits per heavy atom. The topological polar surface area (TPSA) is 37.4 Å². The van der Waals surface area contributed by atoms with Crippen molar-refractivity contribution in [2.75, 3.05) is 6.54 Å². The maximum absolute atomic E-state index is 12.1. The highest BCUT2D eigenvalue weighted by Crippen LogP contribution is 2.22. The lowest BCUT2D eigenvalue weighted by Crippen LogP contribution is -2.30. The SMILES string of the molecule is C=CCCCCCCCN1C(=O)c2ccccc2C1=O. The van der Waals surface area contributed by atoms with Gasteiger partial charge in [-0.1, -0.05) is 37.5 Å². The molecule has 0 saturated heterocycles. The summed E-state index contributed by atoms with van der Waals surface area (Å²) in [5, 5.41) is 0. The molecule has 0 aromatic heterocycles. The van der Waals surface area contributed by atoms with Gasteiger partial charge in [0.2, 0.25) is 0 Å². The van der Waals surface area contributed by atoms with Crippen LogP contribution in [0.2, 0.25) is 0 Å². The molecule has 0 spiro atoms. The molecule has 0 atom stereocenters. The number of fused-ring (bicyclic) bond motifs is 1. The van der Waals surface area contributed by atoms with Gasteiger partial charge in [0.1, 0.15) is 0 Å². The number of unbranched alkanes of at least 4 members (excludes halogenated alkanes) is 5. The Balaban J connectivity index is 1.77. The summed E-state index contributed by atoms with van der Waals surface area (Å²) in [6.07, 6.45) is 8.48. The van der Waals surface area contributed by atoms with Crippen molar-refractivity contribution in [2.45, 2.75) is 38.5 Å². The smallest absolute Gasteiger partial charge is 0.261 e. The van der Waals surface area contributed by atoms with Crippen LogP contribution in [0.4, 0.5) is 0 Å². The van der Waals surface area contributed by atoms with E-state index in [1.807, 2.05) is 6.08 Å². The fourth-order valence-corrected chi connectivity index (χ4v) is 2.53. The number of carbonyl (C=O) groups is 2. The first-order valence-corrected chi connectivity index (χ1v) is 7.32. The Kier molecular flexibility index (Phi) is 5.10. The largest absolute Gasteiger partial charge is 0.274 e. The molecule has 2 rings (SSSR count). The minimum Gasteiger partial charge on any atom is -0.274 e. The number of nitrogens with zero attached hydrogens (tertiary/aromatic N) is 1. The van der Waals surface area contributed by atoms with Crippen molar-refractivity contribution < 1.29 is 9.59 Å². The summed E-state index contributed by atoms with van der Waals surface area (Å²) in [5.41, 5.74) is 1.09. The number of allylic oxidation sites excluding steroid dienone is 1. The molecule has 0 radical (unpaired) electrons. The molecule has 0 unspecified atom stereocenters.